The second kappa shape index (κ2) is 10.6. The number of hydrogen-bond acceptors (Lipinski definition) is 6. The fraction of sp³-hybridized carbons (Fsp3) is 0.462. The number of nitrogens with one attached hydrogen (secondary N) is 1. The maximum absolute atomic E-state index is 15.0. The van der Waals surface area contributed by atoms with Crippen molar-refractivity contribution in [2.24, 2.45) is 11.3 Å². The number of allylic oxidation sites excluding steroid dienone is 4. The second-order valence-electron chi connectivity index (χ2n) is 10.2. The summed E-state index contributed by atoms with van der Waals surface area (Å²) in [5.41, 5.74) is -1.19. The van der Waals surface area contributed by atoms with Crippen LogP contribution in [0.5, 0.6) is 5.75 Å². The van der Waals surface area contributed by atoms with Gasteiger partial charge in [-0.2, -0.15) is 13.2 Å². The Morgan fingerprint density at radius 3 is 2.58 bits per heavy atom. The van der Waals surface area contributed by atoms with Crippen LogP contribution in [0.2, 0.25) is 0 Å². The number of rotatable bonds is 7. The highest BCUT2D eigenvalue weighted by atomic mass is 32.2. The normalized spacial score (nSPS) is 26.2. The lowest BCUT2D eigenvalue weighted by Gasteiger charge is -2.46. The van der Waals surface area contributed by atoms with Crippen LogP contribution in [0.25, 0.3) is 0 Å². The Labute approximate surface area is 219 Å². The lowest BCUT2D eigenvalue weighted by Crippen LogP contribution is -2.49. The van der Waals surface area contributed by atoms with Gasteiger partial charge in [0, 0.05) is 17.8 Å². The van der Waals surface area contributed by atoms with Gasteiger partial charge in [-0.3, -0.25) is 4.72 Å². The first-order valence-corrected chi connectivity index (χ1v) is 13.6. The van der Waals surface area contributed by atoms with E-state index in [1.54, 1.807) is 0 Å². The zero-order valence-electron chi connectivity index (χ0n) is 21.2. The maximum Gasteiger partial charge on any atom is 0.412 e. The summed E-state index contributed by atoms with van der Waals surface area (Å²) in [5, 5.41) is 0. The van der Waals surface area contributed by atoms with Crippen LogP contribution in [-0.4, -0.2) is 55.7 Å². The molecule has 0 saturated heterocycles. The van der Waals surface area contributed by atoms with E-state index in [2.05, 4.69) is 14.7 Å². The molecule has 4 rings (SSSR count). The Morgan fingerprint density at radius 2 is 1.95 bits per heavy atom. The van der Waals surface area contributed by atoms with E-state index in [0.717, 1.165) is 12.1 Å². The van der Waals surface area contributed by atoms with Gasteiger partial charge in [-0.25, -0.2) is 22.8 Å². The number of sulfonamides is 1. The number of alkyl halides is 3. The molecule has 38 heavy (non-hydrogen) atoms. The highest BCUT2D eigenvalue weighted by molar-refractivity contribution is 7.92. The first-order valence-electron chi connectivity index (χ1n) is 12.2. The Morgan fingerprint density at radius 1 is 1.18 bits per heavy atom. The Kier molecular flexibility index (Phi) is 7.85. The van der Waals surface area contributed by atoms with E-state index in [-0.39, 0.29) is 34.8 Å². The van der Waals surface area contributed by atoms with Crippen molar-refractivity contribution < 1.29 is 30.7 Å². The molecule has 1 unspecified atom stereocenters. The molecule has 4 atom stereocenters. The van der Waals surface area contributed by atoms with E-state index in [4.69, 9.17) is 4.74 Å². The van der Waals surface area contributed by atoms with Gasteiger partial charge in [-0.1, -0.05) is 25.2 Å². The van der Waals surface area contributed by atoms with Gasteiger partial charge in [0.25, 0.3) is 10.0 Å². The first-order chi connectivity index (χ1) is 17.8. The largest absolute Gasteiger partial charge is 0.486 e. The number of aromatic nitrogens is 2. The average molecular weight is 555 g/mol. The lowest BCUT2D eigenvalue weighted by molar-refractivity contribution is -0.0986. The zero-order valence-corrected chi connectivity index (χ0v) is 22.1. The van der Waals surface area contributed by atoms with E-state index in [1.165, 1.54) is 36.8 Å². The number of benzene rings is 1. The molecule has 7 nitrogen and oxygen atoms in total. The summed E-state index contributed by atoms with van der Waals surface area (Å²) in [5.74, 6) is -0.905. The maximum atomic E-state index is 15.0. The van der Waals surface area contributed by atoms with Crippen molar-refractivity contribution in [1.29, 1.82) is 0 Å². The predicted molar refractivity (Wildman–Crippen MR) is 134 cm³/mol. The molecule has 1 fully saturated rings. The predicted octanol–water partition coefficient (Wildman–Crippen LogP) is 5.35. The highest BCUT2D eigenvalue weighted by Crippen LogP contribution is 2.49. The zero-order chi connectivity index (χ0) is 27.7. The molecular formula is C26H30F4N4O3S. The quantitative estimate of drug-likeness (QED) is 0.465. The average Bonchev–Trinajstić information content (AvgIpc) is 2.85. The third-order valence-electron chi connectivity index (χ3n) is 7.37. The number of ether oxygens (including phenoxy) is 1. The van der Waals surface area contributed by atoms with Gasteiger partial charge in [0.1, 0.15) is 18.2 Å². The Bertz CT molecular complexity index is 1320. The molecule has 0 spiro atoms. The van der Waals surface area contributed by atoms with Crippen molar-refractivity contribution in [3.05, 3.63) is 66.4 Å². The number of nitrogens with zero attached hydrogens (tertiary/aromatic N) is 3. The monoisotopic (exact) mass is 554 g/mol. The number of hydrogen-bond donors (Lipinski definition) is 1. The summed E-state index contributed by atoms with van der Waals surface area (Å²) < 4.78 is 88.8. The minimum Gasteiger partial charge on any atom is -0.486 e. The molecule has 0 bridgehead atoms. The van der Waals surface area contributed by atoms with Gasteiger partial charge in [-0.05, 0) is 75.4 Å². The topological polar surface area (TPSA) is 84.4 Å². The molecule has 1 saturated carbocycles. The van der Waals surface area contributed by atoms with E-state index in [1.807, 2.05) is 32.0 Å². The minimum absolute atomic E-state index is 0.0257. The summed E-state index contributed by atoms with van der Waals surface area (Å²) in [6.07, 6.45) is 3.85. The van der Waals surface area contributed by atoms with E-state index < -0.39 is 39.1 Å². The molecule has 1 aromatic heterocycles. The summed E-state index contributed by atoms with van der Waals surface area (Å²) in [6.45, 7) is 1.86. The van der Waals surface area contributed by atoms with Crippen LogP contribution in [0.3, 0.4) is 0 Å². The van der Waals surface area contributed by atoms with Crippen LogP contribution in [0.15, 0.2) is 65.5 Å². The van der Waals surface area contributed by atoms with Crippen LogP contribution in [0.4, 0.5) is 23.4 Å². The number of halogens is 4. The van der Waals surface area contributed by atoms with Gasteiger partial charge < -0.3 is 9.64 Å². The van der Waals surface area contributed by atoms with Crippen molar-refractivity contribution in [2.75, 3.05) is 18.8 Å². The summed E-state index contributed by atoms with van der Waals surface area (Å²) in [7, 11) is -0.376. The van der Waals surface area contributed by atoms with Crippen molar-refractivity contribution in [1.82, 2.24) is 14.9 Å². The van der Waals surface area contributed by atoms with Crippen LogP contribution in [0.1, 0.15) is 32.6 Å². The minimum atomic E-state index is -4.37. The molecule has 1 aromatic carbocycles. The fourth-order valence-corrected chi connectivity index (χ4v) is 6.26. The smallest absolute Gasteiger partial charge is 0.412 e. The third-order valence-corrected chi connectivity index (χ3v) is 8.73. The van der Waals surface area contributed by atoms with Gasteiger partial charge >= 0.3 is 6.18 Å². The fourth-order valence-electron chi connectivity index (χ4n) is 5.24. The van der Waals surface area contributed by atoms with E-state index in [9.17, 15) is 21.6 Å². The van der Waals surface area contributed by atoms with Crippen LogP contribution in [-0.2, 0) is 10.0 Å². The molecular weight excluding hydrogens is 524 g/mol. The SMILES string of the molecule is CN(C)[C@H]1C[C@@H](C2(C)C=CC=C(C(F)(F)F)C2)CC[C@@H]1Oc1ccc(S(=O)(=O)Nc2ccncn2)cc1F. The molecule has 1 N–H and O–H groups in total. The first kappa shape index (κ1) is 28.0. The molecule has 1 heterocycles. The van der Waals surface area contributed by atoms with Crippen molar-refractivity contribution in [3.8, 4) is 5.75 Å². The molecule has 0 amide bonds. The number of likely N-dealkylation sites (N-methyl/N-ethyl adjacent to an activating group) is 1. The second-order valence-corrected chi connectivity index (χ2v) is 11.9. The Hall–Kier alpha value is -2.99. The molecule has 0 aliphatic heterocycles. The molecule has 2 aliphatic carbocycles. The van der Waals surface area contributed by atoms with Gasteiger partial charge in [0.05, 0.1) is 4.90 Å². The highest BCUT2D eigenvalue weighted by Gasteiger charge is 2.45. The van der Waals surface area contributed by atoms with Crippen LogP contribution >= 0.6 is 0 Å². The van der Waals surface area contributed by atoms with Gasteiger partial charge in [0.15, 0.2) is 11.6 Å². The van der Waals surface area contributed by atoms with Crippen molar-refractivity contribution in [3.63, 3.8) is 0 Å². The van der Waals surface area contributed by atoms with Crippen LogP contribution < -0.4 is 9.46 Å². The lowest BCUT2D eigenvalue weighted by atomic mass is 9.64. The van der Waals surface area contributed by atoms with Crippen molar-refractivity contribution in [2.45, 2.75) is 55.8 Å². The van der Waals surface area contributed by atoms with E-state index in [0.29, 0.717) is 19.3 Å². The van der Waals surface area contributed by atoms with Crippen molar-refractivity contribution >= 4 is 15.8 Å². The molecule has 2 aromatic rings. The van der Waals surface area contributed by atoms with Gasteiger partial charge in [0.2, 0.25) is 0 Å². The standard InChI is InChI=1S/C26H30F4N4O3S/c1-25(11-4-5-18(15-25)26(28,29)30)17-6-8-23(21(13-17)34(2)3)37-22-9-7-19(14-20(22)27)38(35,36)33-24-10-12-31-16-32-24/h4-5,7,9-12,14,16-17,21,23H,6,8,13,15H2,1-3H3,(H,31,32,33)/t17-,21-,23-,25?/m0/s1. The molecule has 2 aliphatic rings. The van der Waals surface area contributed by atoms with Crippen LogP contribution in [0, 0.1) is 17.2 Å². The number of anilines is 1. The summed E-state index contributed by atoms with van der Waals surface area (Å²) >= 11 is 0. The Balaban J connectivity index is 1.47. The third kappa shape index (κ3) is 6.17. The molecule has 0 radical (unpaired) electrons. The van der Waals surface area contributed by atoms with Gasteiger partial charge in [-0.15, -0.1) is 0 Å². The molecule has 12 heteroatoms. The summed E-state index contributed by atoms with van der Waals surface area (Å²) in [6, 6.07) is 4.59. The summed E-state index contributed by atoms with van der Waals surface area (Å²) in [4.78, 5) is 9.17. The van der Waals surface area contributed by atoms with E-state index >= 15 is 4.39 Å². The molecule has 206 valence electrons.